The van der Waals surface area contributed by atoms with Crippen LogP contribution in [0.1, 0.15) is 60.8 Å². The molecule has 0 N–H and O–H groups in total. The van der Waals surface area contributed by atoms with Crippen molar-refractivity contribution in [3.63, 3.8) is 0 Å². The lowest BCUT2D eigenvalue weighted by molar-refractivity contribution is 0.131. The van der Waals surface area contributed by atoms with Crippen molar-refractivity contribution in [3.05, 3.63) is 69.8 Å². The van der Waals surface area contributed by atoms with E-state index in [1.165, 1.54) is 19.1 Å². The van der Waals surface area contributed by atoms with Gasteiger partial charge in [-0.05, 0) is 62.6 Å². The van der Waals surface area contributed by atoms with Crippen LogP contribution in [0.5, 0.6) is 0 Å². The summed E-state index contributed by atoms with van der Waals surface area (Å²) < 4.78 is 61.5. The van der Waals surface area contributed by atoms with Crippen LogP contribution in [0.3, 0.4) is 0 Å². The Kier molecular flexibility index (Phi) is 6.97. The van der Waals surface area contributed by atoms with E-state index in [1.54, 1.807) is 19.1 Å². The SMILES string of the molecule is CCOCc1ccc(C2CCC(C#Cc3ccc(C)c(F)c3F)CC2)c(F)c1F. The quantitative estimate of drug-likeness (QED) is 0.422. The van der Waals surface area contributed by atoms with Crippen molar-refractivity contribution in [1.82, 2.24) is 0 Å². The summed E-state index contributed by atoms with van der Waals surface area (Å²) in [4.78, 5) is 0. The van der Waals surface area contributed by atoms with Gasteiger partial charge in [0.2, 0.25) is 0 Å². The fourth-order valence-corrected chi connectivity index (χ4v) is 3.71. The average molecular weight is 404 g/mol. The second-order valence-corrected chi connectivity index (χ2v) is 7.45. The Balaban J connectivity index is 1.66. The number of benzene rings is 2. The molecule has 29 heavy (non-hydrogen) atoms. The normalized spacial score (nSPS) is 19.0. The fraction of sp³-hybridized carbons (Fsp3) is 0.417. The fourth-order valence-electron chi connectivity index (χ4n) is 3.71. The van der Waals surface area contributed by atoms with Gasteiger partial charge in [-0.2, -0.15) is 0 Å². The highest BCUT2D eigenvalue weighted by atomic mass is 19.2. The molecular formula is C24H24F4O. The highest BCUT2D eigenvalue weighted by molar-refractivity contribution is 5.39. The molecule has 0 unspecified atom stereocenters. The average Bonchev–Trinajstić information content (AvgIpc) is 2.73. The number of hydrogen-bond acceptors (Lipinski definition) is 1. The van der Waals surface area contributed by atoms with Gasteiger partial charge in [0.25, 0.3) is 0 Å². The summed E-state index contributed by atoms with van der Waals surface area (Å²) in [6.45, 7) is 3.79. The zero-order chi connectivity index (χ0) is 21.0. The molecule has 2 aromatic carbocycles. The maximum Gasteiger partial charge on any atom is 0.174 e. The van der Waals surface area contributed by atoms with E-state index in [0.29, 0.717) is 37.9 Å². The predicted octanol–water partition coefficient (Wildman–Crippen LogP) is 6.41. The monoisotopic (exact) mass is 404 g/mol. The van der Waals surface area contributed by atoms with Crippen LogP contribution in [0, 0.1) is 48.0 Å². The highest BCUT2D eigenvalue weighted by Gasteiger charge is 2.25. The summed E-state index contributed by atoms with van der Waals surface area (Å²) in [6, 6.07) is 6.22. The van der Waals surface area contributed by atoms with E-state index in [1.807, 2.05) is 0 Å². The Morgan fingerprint density at radius 2 is 1.62 bits per heavy atom. The maximum atomic E-state index is 14.5. The van der Waals surface area contributed by atoms with Gasteiger partial charge in [0.15, 0.2) is 23.3 Å². The molecule has 0 spiro atoms. The maximum absolute atomic E-state index is 14.5. The third-order valence-corrected chi connectivity index (χ3v) is 5.51. The van der Waals surface area contributed by atoms with E-state index in [2.05, 4.69) is 11.8 Å². The molecule has 1 aliphatic rings. The summed E-state index contributed by atoms with van der Waals surface area (Å²) in [6.07, 6.45) is 2.75. The molecule has 0 aromatic heterocycles. The smallest absolute Gasteiger partial charge is 0.174 e. The molecule has 0 amide bonds. The molecule has 0 radical (unpaired) electrons. The van der Waals surface area contributed by atoms with Gasteiger partial charge in [-0.25, -0.2) is 17.6 Å². The van der Waals surface area contributed by atoms with Crippen molar-refractivity contribution >= 4 is 0 Å². The second-order valence-electron chi connectivity index (χ2n) is 7.45. The van der Waals surface area contributed by atoms with Crippen LogP contribution in [0.25, 0.3) is 0 Å². The zero-order valence-electron chi connectivity index (χ0n) is 16.6. The molecule has 1 aliphatic carbocycles. The molecule has 1 saturated carbocycles. The standard InChI is InChI=1S/C24H24F4O/c1-3-29-14-19-12-13-20(24(28)23(19)27)17-9-5-16(6-10-17)7-11-18-8-4-15(2)21(25)22(18)26/h4,8,12-13,16-17H,3,5-6,9-10,14H2,1-2H3. The van der Waals surface area contributed by atoms with Crippen LogP contribution in [0.2, 0.25) is 0 Å². The molecule has 1 nitrogen and oxygen atoms in total. The summed E-state index contributed by atoms with van der Waals surface area (Å²) >= 11 is 0. The molecule has 0 bridgehead atoms. The van der Waals surface area contributed by atoms with Gasteiger partial charge in [-0.15, -0.1) is 0 Å². The molecule has 0 saturated heterocycles. The van der Waals surface area contributed by atoms with E-state index in [4.69, 9.17) is 4.74 Å². The Labute approximate surface area is 169 Å². The van der Waals surface area contributed by atoms with Crippen molar-refractivity contribution in [2.45, 2.75) is 52.1 Å². The van der Waals surface area contributed by atoms with E-state index >= 15 is 0 Å². The van der Waals surface area contributed by atoms with Gasteiger partial charge in [-0.1, -0.05) is 30.0 Å². The topological polar surface area (TPSA) is 9.23 Å². The van der Waals surface area contributed by atoms with E-state index < -0.39 is 23.3 Å². The first kappa shape index (κ1) is 21.4. The van der Waals surface area contributed by atoms with E-state index in [-0.39, 0.29) is 35.1 Å². The predicted molar refractivity (Wildman–Crippen MR) is 104 cm³/mol. The summed E-state index contributed by atoms with van der Waals surface area (Å²) in [5.74, 6) is 2.28. The molecule has 0 aliphatic heterocycles. The van der Waals surface area contributed by atoms with Gasteiger partial charge in [0.05, 0.1) is 12.2 Å². The Bertz CT molecular complexity index is 934. The van der Waals surface area contributed by atoms with Crippen LogP contribution in [0.15, 0.2) is 24.3 Å². The summed E-state index contributed by atoms with van der Waals surface area (Å²) in [7, 11) is 0. The third-order valence-electron chi connectivity index (χ3n) is 5.51. The largest absolute Gasteiger partial charge is 0.377 e. The molecule has 1 fully saturated rings. The Morgan fingerprint density at radius 1 is 0.897 bits per heavy atom. The summed E-state index contributed by atoms with van der Waals surface area (Å²) in [5, 5.41) is 0. The first-order valence-corrected chi connectivity index (χ1v) is 9.93. The molecule has 0 heterocycles. The van der Waals surface area contributed by atoms with Crippen LogP contribution in [-0.2, 0) is 11.3 Å². The molecule has 5 heteroatoms. The number of hydrogen-bond donors (Lipinski definition) is 0. The van der Waals surface area contributed by atoms with Gasteiger partial charge in [0.1, 0.15) is 0 Å². The van der Waals surface area contributed by atoms with Crippen LogP contribution < -0.4 is 0 Å². The Hall–Kier alpha value is -2.32. The second kappa shape index (κ2) is 9.45. The minimum Gasteiger partial charge on any atom is -0.377 e. The number of aryl methyl sites for hydroxylation is 1. The van der Waals surface area contributed by atoms with Crippen LogP contribution in [-0.4, -0.2) is 6.61 Å². The van der Waals surface area contributed by atoms with E-state index in [9.17, 15) is 17.6 Å². The molecule has 0 atom stereocenters. The molecule has 2 aromatic rings. The lowest BCUT2D eigenvalue weighted by atomic mass is 9.78. The third kappa shape index (κ3) is 4.82. The van der Waals surface area contributed by atoms with Crippen molar-refractivity contribution in [2.24, 2.45) is 5.92 Å². The zero-order valence-corrected chi connectivity index (χ0v) is 16.6. The number of ether oxygens (including phenoxy) is 1. The van der Waals surface area contributed by atoms with Gasteiger partial charge in [-0.3, -0.25) is 0 Å². The molecule has 154 valence electrons. The van der Waals surface area contributed by atoms with Gasteiger partial charge in [0, 0.05) is 18.1 Å². The van der Waals surface area contributed by atoms with Crippen LogP contribution >= 0.6 is 0 Å². The lowest BCUT2D eigenvalue weighted by Gasteiger charge is -2.26. The van der Waals surface area contributed by atoms with Gasteiger partial charge < -0.3 is 4.74 Å². The first-order chi connectivity index (χ1) is 13.9. The van der Waals surface area contributed by atoms with Crippen molar-refractivity contribution < 1.29 is 22.3 Å². The number of halogens is 4. The number of rotatable bonds is 4. The Morgan fingerprint density at radius 3 is 2.31 bits per heavy atom. The van der Waals surface area contributed by atoms with Crippen LogP contribution in [0.4, 0.5) is 17.6 Å². The first-order valence-electron chi connectivity index (χ1n) is 9.93. The van der Waals surface area contributed by atoms with Gasteiger partial charge >= 0.3 is 0 Å². The molecule has 3 rings (SSSR count). The summed E-state index contributed by atoms with van der Waals surface area (Å²) in [5.41, 5.74) is 0.907. The van der Waals surface area contributed by atoms with Crippen molar-refractivity contribution in [2.75, 3.05) is 6.61 Å². The van der Waals surface area contributed by atoms with E-state index in [0.717, 1.165) is 0 Å². The highest BCUT2D eigenvalue weighted by Crippen LogP contribution is 2.37. The van der Waals surface area contributed by atoms with Crippen molar-refractivity contribution in [3.8, 4) is 11.8 Å². The van der Waals surface area contributed by atoms with Crippen molar-refractivity contribution in [1.29, 1.82) is 0 Å². The molecular weight excluding hydrogens is 380 g/mol. The lowest BCUT2D eigenvalue weighted by Crippen LogP contribution is -2.14. The minimum atomic E-state index is -0.920. The minimum absolute atomic E-state index is 0.0279.